The van der Waals surface area contributed by atoms with Gasteiger partial charge in [-0.25, -0.2) is 4.79 Å². The van der Waals surface area contributed by atoms with Crippen molar-refractivity contribution >= 4 is 6.03 Å². The molecule has 2 atom stereocenters. The molecule has 2 amide bonds. The van der Waals surface area contributed by atoms with Crippen LogP contribution in [0.25, 0.3) is 0 Å². The average molecular weight is 199 g/mol. The number of nitrogens with zero attached hydrogens (tertiary/aromatic N) is 1. The molecule has 14 heavy (non-hydrogen) atoms. The summed E-state index contributed by atoms with van der Waals surface area (Å²) >= 11 is 0. The van der Waals surface area contributed by atoms with Crippen molar-refractivity contribution in [3.63, 3.8) is 0 Å². The first-order chi connectivity index (χ1) is 6.63. The van der Waals surface area contributed by atoms with E-state index in [0.717, 1.165) is 19.5 Å². The monoisotopic (exact) mass is 199 g/mol. The van der Waals surface area contributed by atoms with Crippen LogP contribution in [0.5, 0.6) is 0 Å². The summed E-state index contributed by atoms with van der Waals surface area (Å²) in [5.74, 6) is 0.538. The van der Waals surface area contributed by atoms with Crippen LogP contribution >= 0.6 is 0 Å². The van der Waals surface area contributed by atoms with E-state index in [4.69, 9.17) is 0 Å². The summed E-state index contributed by atoms with van der Waals surface area (Å²) in [6.45, 7) is 6.94. The molecule has 2 N–H and O–H groups in total. The highest BCUT2D eigenvalue weighted by atomic mass is 16.2. The minimum absolute atomic E-state index is 0.0334. The number of nitrogens with one attached hydrogen (secondary N) is 2. The van der Waals surface area contributed by atoms with Gasteiger partial charge in [-0.2, -0.15) is 0 Å². The van der Waals surface area contributed by atoms with E-state index in [1.54, 1.807) is 0 Å². The highest BCUT2D eigenvalue weighted by Crippen LogP contribution is 2.14. The van der Waals surface area contributed by atoms with Crippen molar-refractivity contribution in [1.82, 2.24) is 15.5 Å². The molecule has 2 unspecified atom stereocenters. The van der Waals surface area contributed by atoms with Crippen molar-refractivity contribution < 1.29 is 4.79 Å². The molecule has 0 bridgehead atoms. The molecule has 1 aliphatic heterocycles. The predicted molar refractivity (Wildman–Crippen MR) is 57.3 cm³/mol. The maximum Gasteiger partial charge on any atom is 0.315 e. The van der Waals surface area contributed by atoms with E-state index in [1.165, 1.54) is 0 Å². The number of rotatable bonds is 2. The Hall–Kier alpha value is -0.770. The van der Waals surface area contributed by atoms with Gasteiger partial charge >= 0.3 is 6.03 Å². The topological polar surface area (TPSA) is 44.4 Å². The Labute approximate surface area is 86.0 Å². The smallest absolute Gasteiger partial charge is 0.315 e. The van der Waals surface area contributed by atoms with Gasteiger partial charge < -0.3 is 15.5 Å². The molecule has 0 aromatic rings. The molecule has 0 aromatic heterocycles. The summed E-state index contributed by atoms with van der Waals surface area (Å²) in [5.41, 5.74) is 0. The Kier molecular flexibility index (Phi) is 4.20. The van der Waals surface area contributed by atoms with Crippen molar-refractivity contribution in [2.24, 2.45) is 5.92 Å². The fraction of sp³-hybridized carbons (Fsp3) is 0.900. The number of piperidine rings is 1. The third kappa shape index (κ3) is 3.18. The quantitative estimate of drug-likeness (QED) is 0.685. The fourth-order valence-corrected chi connectivity index (χ4v) is 1.95. The van der Waals surface area contributed by atoms with Crippen molar-refractivity contribution in [2.75, 3.05) is 26.7 Å². The molecule has 4 nitrogen and oxygen atoms in total. The lowest BCUT2D eigenvalue weighted by Gasteiger charge is -2.35. The van der Waals surface area contributed by atoms with Gasteiger partial charge in [0.2, 0.25) is 0 Å². The lowest BCUT2D eigenvalue weighted by atomic mass is 9.94. The standard InChI is InChI=1S/C10H21N3O/c1-4-11-10(14)12-9-5-6-13(3)7-8(9)2/h8-9H,4-7H2,1-3H3,(H2,11,12,14). The predicted octanol–water partition coefficient (Wildman–Crippen LogP) is 0.646. The van der Waals surface area contributed by atoms with Gasteiger partial charge in [0.25, 0.3) is 0 Å². The highest BCUT2D eigenvalue weighted by molar-refractivity contribution is 5.74. The Bertz CT molecular complexity index is 196. The van der Waals surface area contributed by atoms with Gasteiger partial charge in [-0.05, 0) is 32.9 Å². The molecule has 4 heteroatoms. The van der Waals surface area contributed by atoms with Gasteiger partial charge in [-0.3, -0.25) is 0 Å². The summed E-state index contributed by atoms with van der Waals surface area (Å²) in [6, 6.07) is 0.298. The van der Waals surface area contributed by atoms with Crippen LogP contribution in [0, 0.1) is 5.92 Å². The van der Waals surface area contributed by atoms with Gasteiger partial charge in [0.15, 0.2) is 0 Å². The zero-order chi connectivity index (χ0) is 10.6. The Morgan fingerprint density at radius 2 is 2.29 bits per heavy atom. The normalized spacial score (nSPS) is 28.5. The zero-order valence-corrected chi connectivity index (χ0v) is 9.34. The number of amides is 2. The van der Waals surface area contributed by atoms with Gasteiger partial charge in [0.1, 0.15) is 0 Å². The Morgan fingerprint density at radius 1 is 1.57 bits per heavy atom. The van der Waals surface area contributed by atoms with Gasteiger partial charge in [-0.15, -0.1) is 0 Å². The van der Waals surface area contributed by atoms with E-state index in [2.05, 4.69) is 29.5 Å². The molecule has 0 aromatic carbocycles. The maximum atomic E-state index is 11.3. The SMILES string of the molecule is CCNC(=O)NC1CCN(C)CC1C. The largest absolute Gasteiger partial charge is 0.338 e. The molecule has 0 saturated carbocycles. The summed E-state index contributed by atoms with van der Waals surface area (Å²) in [5, 5.41) is 5.77. The van der Waals surface area contributed by atoms with Gasteiger partial charge in [0, 0.05) is 19.1 Å². The Balaban J connectivity index is 2.33. The highest BCUT2D eigenvalue weighted by Gasteiger charge is 2.24. The molecule has 82 valence electrons. The molecule has 1 aliphatic rings. The minimum atomic E-state index is -0.0334. The van der Waals surface area contributed by atoms with Gasteiger partial charge in [0.05, 0.1) is 0 Å². The molecule has 1 heterocycles. The minimum Gasteiger partial charge on any atom is -0.338 e. The van der Waals surface area contributed by atoms with Crippen LogP contribution in [0.3, 0.4) is 0 Å². The molecule has 1 rings (SSSR count). The average Bonchev–Trinajstić information content (AvgIpc) is 2.10. The summed E-state index contributed by atoms with van der Waals surface area (Å²) in [6.07, 6.45) is 1.05. The van der Waals surface area contributed by atoms with Crippen LogP contribution in [-0.2, 0) is 0 Å². The van der Waals surface area contributed by atoms with Crippen molar-refractivity contribution in [3.8, 4) is 0 Å². The Morgan fingerprint density at radius 3 is 2.86 bits per heavy atom. The fourth-order valence-electron chi connectivity index (χ4n) is 1.95. The van der Waals surface area contributed by atoms with Crippen LogP contribution in [-0.4, -0.2) is 43.7 Å². The third-order valence-electron chi connectivity index (χ3n) is 2.76. The summed E-state index contributed by atoms with van der Waals surface area (Å²) in [4.78, 5) is 13.6. The first kappa shape index (κ1) is 11.3. The summed E-state index contributed by atoms with van der Waals surface area (Å²) in [7, 11) is 2.12. The number of hydrogen-bond donors (Lipinski definition) is 2. The first-order valence-electron chi connectivity index (χ1n) is 5.36. The van der Waals surface area contributed by atoms with Crippen molar-refractivity contribution in [3.05, 3.63) is 0 Å². The number of likely N-dealkylation sites (tertiary alicyclic amines) is 1. The third-order valence-corrected chi connectivity index (χ3v) is 2.76. The number of carbonyl (C=O) groups is 1. The van der Waals surface area contributed by atoms with Crippen molar-refractivity contribution in [2.45, 2.75) is 26.3 Å². The first-order valence-corrected chi connectivity index (χ1v) is 5.36. The maximum absolute atomic E-state index is 11.3. The number of carbonyl (C=O) groups excluding carboxylic acids is 1. The van der Waals surface area contributed by atoms with Gasteiger partial charge in [-0.1, -0.05) is 6.92 Å². The van der Waals surface area contributed by atoms with Crippen molar-refractivity contribution in [1.29, 1.82) is 0 Å². The number of hydrogen-bond acceptors (Lipinski definition) is 2. The van der Waals surface area contributed by atoms with E-state index >= 15 is 0 Å². The molecule has 0 radical (unpaired) electrons. The molecule has 1 fully saturated rings. The zero-order valence-electron chi connectivity index (χ0n) is 9.34. The molecular weight excluding hydrogens is 178 g/mol. The van der Waals surface area contributed by atoms with E-state index < -0.39 is 0 Å². The van der Waals surface area contributed by atoms with E-state index in [1.807, 2.05) is 6.92 Å². The van der Waals surface area contributed by atoms with E-state index in [0.29, 0.717) is 18.5 Å². The number of urea groups is 1. The van der Waals surface area contributed by atoms with Crippen LogP contribution < -0.4 is 10.6 Å². The second-order valence-electron chi connectivity index (χ2n) is 4.14. The van der Waals surface area contributed by atoms with Crippen LogP contribution in [0.4, 0.5) is 4.79 Å². The van der Waals surface area contributed by atoms with E-state index in [-0.39, 0.29) is 6.03 Å². The second kappa shape index (κ2) is 5.20. The molecule has 1 saturated heterocycles. The van der Waals surface area contributed by atoms with Crippen LogP contribution in [0.2, 0.25) is 0 Å². The second-order valence-corrected chi connectivity index (χ2v) is 4.14. The summed E-state index contributed by atoms with van der Waals surface area (Å²) < 4.78 is 0. The molecule has 0 aliphatic carbocycles. The lowest BCUT2D eigenvalue weighted by molar-refractivity contribution is 0.173. The lowest BCUT2D eigenvalue weighted by Crippen LogP contribution is -2.51. The van der Waals surface area contributed by atoms with Crippen LogP contribution in [0.15, 0.2) is 0 Å². The van der Waals surface area contributed by atoms with Crippen LogP contribution in [0.1, 0.15) is 20.3 Å². The van der Waals surface area contributed by atoms with E-state index in [9.17, 15) is 4.79 Å². The molecular formula is C10H21N3O. The molecule has 0 spiro atoms.